The number of benzene rings is 2. The minimum atomic E-state index is -0.523. The smallest absolute Gasteiger partial charge is 0.341 e. The molecule has 0 amide bonds. The van der Waals surface area contributed by atoms with Crippen molar-refractivity contribution in [2.24, 2.45) is 0 Å². The molecule has 0 aliphatic heterocycles. The van der Waals surface area contributed by atoms with Crippen molar-refractivity contribution < 1.29 is 14.3 Å². The predicted molar refractivity (Wildman–Crippen MR) is 134 cm³/mol. The number of methoxy groups -OCH3 is 1. The summed E-state index contributed by atoms with van der Waals surface area (Å²) in [7, 11) is 1.60. The quantitative estimate of drug-likeness (QED) is 0.287. The van der Waals surface area contributed by atoms with Gasteiger partial charge in [0.15, 0.2) is 0 Å². The van der Waals surface area contributed by atoms with Crippen LogP contribution in [0.5, 0.6) is 5.75 Å². The summed E-state index contributed by atoms with van der Waals surface area (Å²) < 4.78 is 13.5. The maximum atomic E-state index is 12.5. The highest BCUT2D eigenvalue weighted by Crippen LogP contribution is 2.33. The zero-order chi connectivity index (χ0) is 24.2. The minimum absolute atomic E-state index is 0.222. The van der Waals surface area contributed by atoms with Gasteiger partial charge in [0.2, 0.25) is 5.95 Å². The maximum absolute atomic E-state index is 12.5. The molecule has 34 heavy (non-hydrogen) atoms. The van der Waals surface area contributed by atoms with Crippen molar-refractivity contribution in [1.82, 2.24) is 19.5 Å². The first-order valence-corrected chi connectivity index (χ1v) is 11.5. The van der Waals surface area contributed by atoms with Gasteiger partial charge in [-0.05, 0) is 38.1 Å². The Bertz CT molecular complexity index is 1360. The number of aryl methyl sites for hydroxylation is 1. The lowest BCUT2D eigenvalue weighted by Crippen LogP contribution is -2.10. The van der Waals surface area contributed by atoms with Gasteiger partial charge >= 0.3 is 5.97 Å². The number of imidazole rings is 1. The highest BCUT2D eigenvalue weighted by molar-refractivity contribution is 9.10. The van der Waals surface area contributed by atoms with Gasteiger partial charge in [0.05, 0.1) is 42.1 Å². The van der Waals surface area contributed by atoms with Crippen LogP contribution in [-0.4, -0.2) is 39.2 Å². The summed E-state index contributed by atoms with van der Waals surface area (Å²) >= 11 is 9.86. The van der Waals surface area contributed by atoms with Crippen molar-refractivity contribution in [3.05, 3.63) is 75.9 Å². The van der Waals surface area contributed by atoms with Crippen LogP contribution in [0.2, 0.25) is 5.02 Å². The van der Waals surface area contributed by atoms with Gasteiger partial charge in [0.25, 0.3) is 0 Å². The average molecular weight is 543 g/mol. The van der Waals surface area contributed by atoms with Crippen LogP contribution < -0.4 is 10.1 Å². The number of rotatable bonds is 7. The number of esters is 1. The zero-order valence-electron chi connectivity index (χ0n) is 18.7. The Kier molecular flexibility index (Phi) is 7.14. The van der Waals surface area contributed by atoms with Crippen molar-refractivity contribution in [1.29, 1.82) is 0 Å². The van der Waals surface area contributed by atoms with Gasteiger partial charge in [0, 0.05) is 34.2 Å². The molecule has 4 rings (SSSR count). The van der Waals surface area contributed by atoms with Crippen LogP contribution in [0.25, 0.3) is 16.9 Å². The van der Waals surface area contributed by atoms with Gasteiger partial charge in [-0.25, -0.2) is 19.7 Å². The van der Waals surface area contributed by atoms with Gasteiger partial charge < -0.3 is 19.4 Å². The molecule has 0 unspecified atom stereocenters. The Balaban J connectivity index is 1.72. The van der Waals surface area contributed by atoms with E-state index in [2.05, 4.69) is 36.2 Å². The third-order valence-electron chi connectivity index (χ3n) is 4.90. The molecule has 174 valence electrons. The lowest BCUT2D eigenvalue weighted by atomic mass is 10.1. The lowest BCUT2D eigenvalue weighted by Gasteiger charge is -2.14. The van der Waals surface area contributed by atoms with E-state index in [-0.39, 0.29) is 18.1 Å². The van der Waals surface area contributed by atoms with E-state index in [1.807, 2.05) is 42.0 Å². The summed E-state index contributed by atoms with van der Waals surface area (Å²) in [5, 5.41) is 3.61. The second-order valence-electron chi connectivity index (χ2n) is 7.23. The summed E-state index contributed by atoms with van der Waals surface area (Å²) in [6.07, 6.45) is 5.07. The van der Waals surface area contributed by atoms with Crippen LogP contribution in [-0.2, 0) is 4.74 Å². The molecule has 2 heterocycles. The van der Waals surface area contributed by atoms with Crippen LogP contribution in [0, 0.1) is 6.92 Å². The molecule has 0 spiro atoms. The second-order valence-corrected chi connectivity index (χ2v) is 8.56. The van der Waals surface area contributed by atoms with E-state index < -0.39 is 5.97 Å². The fourth-order valence-electron chi connectivity index (χ4n) is 3.34. The van der Waals surface area contributed by atoms with E-state index >= 15 is 0 Å². The van der Waals surface area contributed by atoms with Crippen LogP contribution in [0.1, 0.15) is 23.0 Å². The van der Waals surface area contributed by atoms with Crippen molar-refractivity contribution in [3.63, 3.8) is 0 Å². The van der Waals surface area contributed by atoms with Crippen LogP contribution in [0.3, 0.4) is 0 Å². The lowest BCUT2D eigenvalue weighted by molar-refractivity contribution is 0.0526. The van der Waals surface area contributed by atoms with Gasteiger partial charge in [-0.1, -0.05) is 33.6 Å². The molecule has 10 heteroatoms. The summed E-state index contributed by atoms with van der Waals surface area (Å²) in [5.41, 5.74) is 3.62. The molecule has 2 aromatic heterocycles. The van der Waals surface area contributed by atoms with E-state index in [1.165, 1.54) is 6.20 Å². The molecule has 0 bridgehead atoms. The number of hydrogen-bond acceptors (Lipinski definition) is 7. The summed E-state index contributed by atoms with van der Waals surface area (Å²) in [4.78, 5) is 25.7. The number of carbonyl (C=O) groups is 1. The summed E-state index contributed by atoms with van der Waals surface area (Å²) in [5.74, 6) is 0.404. The molecule has 0 radical (unpaired) electrons. The third-order valence-corrected chi connectivity index (χ3v) is 5.70. The first-order chi connectivity index (χ1) is 16.4. The Morgan fingerprint density at radius 1 is 1.21 bits per heavy atom. The third kappa shape index (κ3) is 5.05. The average Bonchev–Trinajstić information content (AvgIpc) is 3.25. The molecule has 4 aromatic rings. The molecule has 1 N–H and O–H groups in total. The monoisotopic (exact) mass is 541 g/mol. The SMILES string of the molecule is CCOC(=O)c1cnc(Nc2ccc(-n3cnc(C)c3)c(OC)c2)nc1-c1ccc(Br)cc1Cl. The number of aromatic nitrogens is 4. The molecule has 0 atom stereocenters. The Hall–Kier alpha value is -3.43. The van der Waals surface area contributed by atoms with Crippen molar-refractivity contribution in [2.45, 2.75) is 13.8 Å². The van der Waals surface area contributed by atoms with Crippen LogP contribution >= 0.6 is 27.5 Å². The number of hydrogen-bond donors (Lipinski definition) is 1. The van der Waals surface area contributed by atoms with Crippen molar-refractivity contribution >= 4 is 45.1 Å². The predicted octanol–water partition coefficient (Wildman–Crippen LogP) is 5.98. The van der Waals surface area contributed by atoms with E-state index in [4.69, 9.17) is 21.1 Å². The fourth-order valence-corrected chi connectivity index (χ4v) is 4.10. The van der Waals surface area contributed by atoms with Gasteiger partial charge in [-0.2, -0.15) is 0 Å². The maximum Gasteiger partial charge on any atom is 0.341 e. The van der Waals surface area contributed by atoms with Gasteiger partial charge in [-0.15, -0.1) is 0 Å². The number of carbonyl (C=O) groups excluding carboxylic acids is 1. The molecular formula is C24H21BrClN5O3. The van der Waals surface area contributed by atoms with Crippen LogP contribution in [0.4, 0.5) is 11.6 Å². The van der Waals surface area contributed by atoms with Crippen LogP contribution in [0.15, 0.2) is 59.6 Å². The molecule has 0 saturated heterocycles. The Morgan fingerprint density at radius 3 is 2.71 bits per heavy atom. The standard InChI is InChI=1S/C24H21BrClN5O3/c1-4-34-23(32)18-11-27-24(30-22(18)17-7-5-15(25)9-19(17)26)29-16-6-8-20(21(10-16)33-3)31-12-14(2)28-13-31/h5-13H,4H2,1-3H3,(H,27,29,30). The molecule has 0 aliphatic carbocycles. The topological polar surface area (TPSA) is 91.2 Å². The Labute approximate surface area is 210 Å². The molecule has 2 aromatic carbocycles. The van der Waals surface area contributed by atoms with Gasteiger partial charge in [-0.3, -0.25) is 0 Å². The van der Waals surface area contributed by atoms with E-state index in [1.54, 1.807) is 32.5 Å². The highest BCUT2D eigenvalue weighted by Gasteiger charge is 2.20. The first-order valence-electron chi connectivity index (χ1n) is 10.3. The van der Waals surface area contributed by atoms with E-state index in [9.17, 15) is 4.79 Å². The molecule has 0 saturated carbocycles. The normalized spacial score (nSPS) is 10.7. The first kappa shape index (κ1) is 23.7. The van der Waals surface area contributed by atoms with Crippen molar-refractivity contribution in [3.8, 4) is 22.7 Å². The molecule has 0 fully saturated rings. The zero-order valence-corrected chi connectivity index (χ0v) is 21.0. The van der Waals surface area contributed by atoms with E-state index in [0.717, 1.165) is 15.9 Å². The number of ether oxygens (including phenoxy) is 2. The number of halogens is 2. The summed E-state index contributed by atoms with van der Waals surface area (Å²) in [6, 6.07) is 11.0. The van der Waals surface area contributed by atoms with E-state index in [0.29, 0.717) is 27.7 Å². The number of anilines is 2. The largest absolute Gasteiger partial charge is 0.494 e. The summed E-state index contributed by atoms with van der Waals surface area (Å²) in [6.45, 7) is 3.89. The number of nitrogens with one attached hydrogen (secondary N) is 1. The second kappa shape index (κ2) is 10.2. The Morgan fingerprint density at radius 2 is 2.03 bits per heavy atom. The highest BCUT2D eigenvalue weighted by atomic mass is 79.9. The minimum Gasteiger partial charge on any atom is -0.494 e. The fraction of sp³-hybridized carbons (Fsp3) is 0.167. The molecular weight excluding hydrogens is 522 g/mol. The van der Waals surface area contributed by atoms with Crippen molar-refractivity contribution in [2.75, 3.05) is 19.0 Å². The molecule has 8 nitrogen and oxygen atoms in total. The van der Waals surface area contributed by atoms with Gasteiger partial charge in [0.1, 0.15) is 11.3 Å². The number of nitrogens with zero attached hydrogens (tertiary/aromatic N) is 4. The molecule has 0 aliphatic rings.